The van der Waals surface area contributed by atoms with Crippen LogP contribution in [0.4, 0.5) is 13.2 Å². The van der Waals surface area contributed by atoms with E-state index in [2.05, 4.69) is 14.7 Å². The number of carbonyl (C=O) groups is 2. The van der Waals surface area contributed by atoms with Crippen molar-refractivity contribution < 1.29 is 44.7 Å². The fourth-order valence-electron chi connectivity index (χ4n) is 4.66. The summed E-state index contributed by atoms with van der Waals surface area (Å²) in [4.78, 5) is 28.2. The SMILES string of the molecule is Cc1cc(C[C@H](NS(=O)(=O)c2ccccc2C#N)c2nc3ccccc3[nH]2)ccc1[C@@H]1CC(=O)NS1(=O)=O.O=C(O)C(F)(F)F. The number of sulfonamides is 2. The monoisotopic (exact) mass is 663 g/mol. The molecule has 0 saturated carbocycles. The normalized spacial score (nSPS) is 16.7. The Hall–Kier alpha value is -4.79. The van der Waals surface area contributed by atoms with Gasteiger partial charge in [-0.15, -0.1) is 0 Å². The van der Waals surface area contributed by atoms with Crippen LogP contribution in [0.3, 0.4) is 0 Å². The summed E-state index contributed by atoms with van der Waals surface area (Å²) in [5.74, 6) is -2.91. The van der Waals surface area contributed by atoms with Crippen LogP contribution in [-0.4, -0.2) is 50.0 Å². The molecule has 1 amide bonds. The quantitative estimate of drug-likeness (QED) is 0.228. The number of aliphatic carboxylic acids is 1. The van der Waals surface area contributed by atoms with Crippen molar-refractivity contribution >= 4 is 43.0 Å². The lowest BCUT2D eigenvalue weighted by Crippen LogP contribution is -2.31. The predicted molar refractivity (Wildman–Crippen MR) is 153 cm³/mol. The first-order chi connectivity index (χ1) is 21.0. The van der Waals surface area contributed by atoms with Gasteiger partial charge in [-0.05, 0) is 54.3 Å². The predicted octanol–water partition coefficient (Wildman–Crippen LogP) is 3.53. The van der Waals surface area contributed by atoms with E-state index in [0.29, 0.717) is 22.5 Å². The molecule has 1 aliphatic heterocycles. The van der Waals surface area contributed by atoms with Crippen LogP contribution in [0.25, 0.3) is 11.0 Å². The molecule has 45 heavy (non-hydrogen) atoms. The van der Waals surface area contributed by atoms with E-state index >= 15 is 0 Å². The molecular formula is C28H24F3N5O7S2. The first kappa shape index (κ1) is 33.1. The topological polar surface area (TPSA) is 199 Å². The van der Waals surface area contributed by atoms with Gasteiger partial charge in [-0.1, -0.05) is 42.5 Å². The second-order valence-corrected chi connectivity index (χ2v) is 13.4. The van der Waals surface area contributed by atoms with Crippen LogP contribution in [0.15, 0.2) is 71.6 Å². The molecule has 0 bridgehead atoms. The van der Waals surface area contributed by atoms with Crippen LogP contribution in [0, 0.1) is 18.3 Å². The number of carbonyl (C=O) groups excluding carboxylic acids is 1. The zero-order chi connectivity index (χ0) is 33.2. The second-order valence-electron chi connectivity index (χ2n) is 9.88. The van der Waals surface area contributed by atoms with Crippen molar-refractivity contribution in [3.05, 3.63) is 94.8 Å². The Morgan fingerprint density at radius 1 is 1.16 bits per heavy atom. The summed E-state index contributed by atoms with van der Waals surface area (Å²) in [5.41, 5.74) is 3.31. The Bertz CT molecular complexity index is 2010. The third-order valence-electron chi connectivity index (χ3n) is 6.70. The standard InChI is InChI=1S/C26H23N5O5S2.C2HF3O2/c1-16-12-17(10-11-19(16)24-14-25(32)31-38(24,35)36)13-22(26-28-20-7-3-4-8-21(20)29-26)30-37(33,34)23-9-5-2-6-18(23)15-27;3-2(4,5)1(6)7/h2-12,22,24,30H,13-14H2,1H3,(H,28,29)(H,31,32);(H,6,7)/t22-,24-;/m0./s1. The Morgan fingerprint density at radius 2 is 1.80 bits per heavy atom. The number of benzene rings is 3. The van der Waals surface area contributed by atoms with E-state index in [9.17, 15) is 40.1 Å². The number of carboxylic acids is 1. The van der Waals surface area contributed by atoms with E-state index in [0.717, 1.165) is 11.1 Å². The molecule has 17 heteroatoms. The molecule has 2 heterocycles. The lowest BCUT2D eigenvalue weighted by molar-refractivity contribution is -0.192. The molecule has 0 unspecified atom stereocenters. The number of nitrogens with one attached hydrogen (secondary N) is 3. The Balaban J connectivity index is 0.000000591. The van der Waals surface area contributed by atoms with Gasteiger partial charge in [-0.2, -0.15) is 18.4 Å². The number of nitrogens with zero attached hydrogens (tertiary/aromatic N) is 2. The summed E-state index contributed by atoms with van der Waals surface area (Å²) in [5, 5.41) is 15.6. The maximum Gasteiger partial charge on any atom is 0.490 e. The summed E-state index contributed by atoms with van der Waals surface area (Å²) in [7, 11) is -7.92. The van der Waals surface area contributed by atoms with E-state index in [1.165, 1.54) is 12.1 Å². The molecule has 2 atom stereocenters. The number of alkyl halides is 3. The van der Waals surface area contributed by atoms with Crippen LogP contribution >= 0.6 is 0 Å². The van der Waals surface area contributed by atoms with Crippen LogP contribution in [-0.2, 0) is 36.1 Å². The van der Waals surface area contributed by atoms with Crippen molar-refractivity contribution in [3.8, 4) is 6.07 Å². The number of hydrogen-bond acceptors (Lipinski definition) is 8. The highest BCUT2D eigenvalue weighted by Gasteiger charge is 2.39. The first-order valence-electron chi connectivity index (χ1n) is 12.9. The van der Waals surface area contributed by atoms with Gasteiger partial charge in [-0.25, -0.2) is 31.3 Å². The van der Waals surface area contributed by atoms with Gasteiger partial charge in [0.1, 0.15) is 17.1 Å². The molecule has 0 aliphatic carbocycles. The van der Waals surface area contributed by atoms with Gasteiger partial charge in [0.25, 0.3) is 0 Å². The number of aromatic amines is 1. The summed E-state index contributed by atoms with van der Waals surface area (Å²) < 4.78 is 87.9. The highest BCUT2D eigenvalue weighted by molar-refractivity contribution is 7.90. The van der Waals surface area contributed by atoms with Crippen molar-refractivity contribution in [1.29, 1.82) is 5.26 Å². The molecule has 0 spiro atoms. The maximum absolute atomic E-state index is 13.4. The Morgan fingerprint density at radius 3 is 2.38 bits per heavy atom. The third kappa shape index (κ3) is 7.66. The second kappa shape index (κ2) is 12.7. The number of nitriles is 1. The van der Waals surface area contributed by atoms with Crippen molar-refractivity contribution in [2.45, 2.75) is 42.1 Å². The number of rotatable bonds is 7. The number of imidazole rings is 1. The Kier molecular flexibility index (Phi) is 9.32. The fourth-order valence-corrected chi connectivity index (χ4v) is 7.53. The molecule has 12 nitrogen and oxygen atoms in total. The van der Waals surface area contributed by atoms with Crippen LogP contribution in [0.2, 0.25) is 0 Å². The molecule has 5 rings (SSSR count). The van der Waals surface area contributed by atoms with Gasteiger partial charge >= 0.3 is 12.1 Å². The van der Waals surface area contributed by atoms with Crippen LogP contribution in [0.1, 0.15) is 45.8 Å². The van der Waals surface area contributed by atoms with Gasteiger partial charge in [-0.3, -0.25) is 9.52 Å². The van der Waals surface area contributed by atoms with E-state index in [4.69, 9.17) is 9.90 Å². The minimum Gasteiger partial charge on any atom is -0.475 e. The number of aryl methyl sites for hydroxylation is 1. The average molecular weight is 664 g/mol. The highest BCUT2D eigenvalue weighted by Crippen LogP contribution is 2.33. The first-order valence-corrected chi connectivity index (χ1v) is 15.9. The summed E-state index contributed by atoms with van der Waals surface area (Å²) in [6.45, 7) is 1.75. The van der Waals surface area contributed by atoms with E-state index < -0.39 is 49.4 Å². The van der Waals surface area contributed by atoms with Gasteiger partial charge in [0.2, 0.25) is 26.0 Å². The van der Waals surface area contributed by atoms with E-state index in [1.54, 1.807) is 37.3 Å². The summed E-state index contributed by atoms with van der Waals surface area (Å²) in [6, 6.07) is 19.5. The van der Waals surface area contributed by atoms with Gasteiger partial charge in [0, 0.05) is 0 Å². The number of aromatic nitrogens is 2. The molecule has 1 aliphatic rings. The molecule has 0 radical (unpaired) electrons. The van der Waals surface area contributed by atoms with Crippen molar-refractivity contribution in [2.24, 2.45) is 0 Å². The molecule has 4 aromatic rings. The number of carboxylic acid groups (broad SMARTS) is 1. The number of halogens is 3. The zero-order valence-electron chi connectivity index (χ0n) is 23.2. The fraction of sp³-hybridized carbons (Fsp3) is 0.214. The molecule has 3 aromatic carbocycles. The molecule has 236 valence electrons. The molecule has 1 saturated heterocycles. The minimum atomic E-state index is -5.08. The van der Waals surface area contributed by atoms with Gasteiger partial charge in [0.15, 0.2) is 0 Å². The minimum absolute atomic E-state index is 0.0180. The third-order valence-corrected chi connectivity index (χ3v) is 9.91. The van der Waals surface area contributed by atoms with Crippen molar-refractivity contribution in [2.75, 3.05) is 0 Å². The van der Waals surface area contributed by atoms with E-state index in [1.807, 2.05) is 35.1 Å². The number of para-hydroxylation sites is 2. The number of amides is 1. The van der Waals surface area contributed by atoms with E-state index in [-0.39, 0.29) is 23.3 Å². The zero-order valence-corrected chi connectivity index (χ0v) is 24.8. The average Bonchev–Trinajstić information content (AvgIpc) is 3.51. The molecule has 4 N–H and O–H groups in total. The number of hydrogen-bond donors (Lipinski definition) is 4. The molecule has 1 fully saturated rings. The lowest BCUT2D eigenvalue weighted by atomic mass is 9.97. The smallest absolute Gasteiger partial charge is 0.475 e. The van der Waals surface area contributed by atoms with Crippen LogP contribution < -0.4 is 9.44 Å². The largest absolute Gasteiger partial charge is 0.490 e. The lowest BCUT2D eigenvalue weighted by Gasteiger charge is -2.19. The van der Waals surface area contributed by atoms with Crippen molar-refractivity contribution in [1.82, 2.24) is 19.4 Å². The number of fused-ring (bicyclic) bond motifs is 1. The molecule has 1 aromatic heterocycles. The van der Waals surface area contributed by atoms with Crippen molar-refractivity contribution in [3.63, 3.8) is 0 Å². The van der Waals surface area contributed by atoms with Crippen LogP contribution in [0.5, 0.6) is 0 Å². The summed E-state index contributed by atoms with van der Waals surface area (Å²) >= 11 is 0. The van der Waals surface area contributed by atoms with Gasteiger partial charge in [0.05, 0.1) is 34.0 Å². The molecular weight excluding hydrogens is 639 g/mol. The number of H-pyrrole nitrogens is 1. The van der Waals surface area contributed by atoms with Gasteiger partial charge < -0.3 is 10.1 Å². The maximum atomic E-state index is 13.4. The Labute approximate surface area is 255 Å². The highest BCUT2D eigenvalue weighted by atomic mass is 32.2. The summed E-state index contributed by atoms with van der Waals surface area (Å²) in [6.07, 6.45) is -5.05.